The summed E-state index contributed by atoms with van der Waals surface area (Å²) in [5.74, 6) is 0.816. The molecule has 0 aromatic heterocycles. The molecule has 1 N–H and O–H groups in total. The fourth-order valence-electron chi connectivity index (χ4n) is 1.32. The van der Waals surface area contributed by atoms with Crippen LogP contribution in [0.25, 0.3) is 0 Å². The smallest absolute Gasteiger partial charge is 0.411 e. The van der Waals surface area contributed by atoms with Crippen LogP contribution in [0.4, 0.5) is 10.5 Å². The van der Waals surface area contributed by atoms with Crippen molar-refractivity contribution in [2.24, 2.45) is 0 Å². The minimum atomic E-state index is -0.420. The van der Waals surface area contributed by atoms with Gasteiger partial charge in [0, 0.05) is 5.69 Å². The molecule has 0 radical (unpaired) electrons. The summed E-state index contributed by atoms with van der Waals surface area (Å²) in [5, 5.41) is 2.65. The highest BCUT2D eigenvalue weighted by Crippen LogP contribution is 2.16. The number of hydrogen-bond donors (Lipinski definition) is 1. The Labute approximate surface area is 108 Å². The molecule has 4 nitrogen and oxygen atoms in total. The molecule has 0 atom stereocenters. The van der Waals surface area contributed by atoms with E-state index in [4.69, 9.17) is 9.47 Å². The highest BCUT2D eigenvalue weighted by atomic mass is 16.5. The standard InChI is InChI=1S/C14H21NO3/c1-3-5-11-17-13-8-6-12(7-9-13)15-14(16)18-10-4-2/h6-9H,3-5,10-11H2,1-2H3,(H,15,16). The van der Waals surface area contributed by atoms with E-state index in [1.165, 1.54) is 0 Å². The van der Waals surface area contributed by atoms with Gasteiger partial charge in [-0.15, -0.1) is 0 Å². The van der Waals surface area contributed by atoms with Crippen molar-refractivity contribution in [1.29, 1.82) is 0 Å². The number of carbonyl (C=O) groups excluding carboxylic acids is 1. The number of ether oxygens (including phenoxy) is 2. The van der Waals surface area contributed by atoms with Gasteiger partial charge in [-0.25, -0.2) is 4.79 Å². The summed E-state index contributed by atoms with van der Waals surface area (Å²) < 4.78 is 10.5. The second-order valence-electron chi connectivity index (χ2n) is 3.99. The molecule has 0 saturated carbocycles. The molecule has 0 aliphatic heterocycles. The first-order valence-corrected chi connectivity index (χ1v) is 6.43. The zero-order valence-corrected chi connectivity index (χ0v) is 11.1. The van der Waals surface area contributed by atoms with E-state index in [-0.39, 0.29) is 0 Å². The zero-order chi connectivity index (χ0) is 13.2. The molecule has 0 spiro atoms. The normalized spacial score (nSPS) is 9.89. The second-order valence-corrected chi connectivity index (χ2v) is 3.99. The van der Waals surface area contributed by atoms with E-state index in [1.54, 1.807) is 12.1 Å². The fraction of sp³-hybridized carbons (Fsp3) is 0.500. The van der Waals surface area contributed by atoms with Gasteiger partial charge >= 0.3 is 6.09 Å². The average molecular weight is 251 g/mol. The third kappa shape index (κ3) is 5.57. The monoisotopic (exact) mass is 251 g/mol. The lowest BCUT2D eigenvalue weighted by atomic mass is 10.3. The summed E-state index contributed by atoms with van der Waals surface area (Å²) in [6.45, 7) is 5.24. The van der Waals surface area contributed by atoms with Crippen molar-refractivity contribution in [1.82, 2.24) is 0 Å². The van der Waals surface area contributed by atoms with Crippen LogP contribution >= 0.6 is 0 Å². The fourth-order valence-corrected chi connectivity index (χ4v) is 1.32. The van der Waals surface area contributed by atoms with E-state index in [2.05, 4.69) is 12.2 Å². The number of rotatable bonds is 7. The van der Waals surface area contributed by atoms with E-state index in [9.17, 15) is 4.79 Å². The Morgan fingerprint density at radius 3 is 2.44 bits per heavy atom. The molecule has 18 heavy (non-hydrogen) atoms. The van der Waals surface area contributed by atoms with Crippen molar-refractivity contribution in [3.8, 4) is 5.75 Å². The first-order chi connectivity index (χ1) is 8.76. The lowest BCUT2D eigenvalue weighted by Gasteiger charge is -2.08. The summed E-state index contributed by atoms with van der Waals surface area (Å²) in [4.78, 5) is 11.3. The van der Waals surface area contributed by atoms with Crippen LogP contribution in [-0.4, -0.2) is 19.3 Å². The number of anilines is 1. The van der Waals surface area contributed by atoms with Crippen LogP contribution in [0.2, 0.25) is 0 Å². The minimum Gasteiger partial charge on any atom is -0.494 e. The molecule has 0 fully saturated rings. The van der Waals surface area contributed by atoms with Crippen LogP contribution in [0, 0.1) is 0 Å². The van der Waals surface area contributed by atoms with Gasteiger partial charge in [-0.2, -0.15) is 0 Å². The first-order valence-electron chi connectivity index (χ1n) is 6.43. The van der Waals surface area contributed by atoms with Crippen molar-refractivity contribution in [3.05, 3.63) is 24.3 Å². The van der Waals surface area contributed by atoms with Gasteiger partial charge in [0.05, 0.1) is 13.2 Å². The maximum absolute atomic E-state index is 11.3. The third-order valence-electron chi connectivity index (χ3n) is 2.30. The quantitative estimate of drug-likeness (QED) is 0.749. The van der Waals surface area contributed by atoms with Crippen molar-refractivity contribution in [2.45, 2.75) is 33.1 Å². The molecular weight excluding hydrogens is 230 g/mol. The molecule has 0 heterocycles. The molecule has 0 aliphatic rings. The van der Waals surface area contributed by atoms with Crippen LogP contribution in [0.5, 0.6) is 5.75 Å². The summed E-state index contributed by atoms with van der Waals surface area (Å²) in [5.41, 5.74) is 0.707. The van der Waals surface area contributed by atoms with Gasteiger partial charge in [0.15, 0.2) is 0 Å². The van der Waals surface area contributed by atoms with E-state index < -0.39 is 6.09 Å². The van der Waals surface area contributed by atoms with Gasteiger partial charge in [-0.1, -0.05) is 20.3 Å². The molecule has 1 aromatic carbocycles. The Morgan fingerprint density at radius 1 is 1.11 bits per heavy atom. The lowest BCUT2D eigenvalue weighted by molar-refractivity contribution is 0.161. The molecule has 0 aliphatic carbocycles. The predicted molar refractivity (Wildman–Crippen MR) is 72.1 cm³/mol. The summed E-state index contributed by atoms with van der Waals surface area (Å²) in [7, 11) is 0. The van der Waals surface area contributed by atoms with Crippen molar-refractivity contribution in [2.75, 3.05) is 18.5 Å². The average Bonchev–Trinajstić information content (AvgIpc) is 2.39. The third-order valence-corrected chi connectivity index (χ3v) is 2.30. The SMILES string of the molecule is CCCCOc1ccc(NC(=O)OCCC)cc1. The molecule has 1 rings (SSSR count). The molecule has 1 amide bonds. The molecule has 100 valence electrons. The van der Waals surface area contributed by atoms with E-state index in [0.29, 0.717) is 12.3 Å². The number of benzene rings is 1. The van der Waals surface area contributed by atoms with Crippen molar-refractivity contribution >= 4 is 11.8 Å². The first kappa shape index (κ1) is 14.4. The molecule has 0 saturated heterocycles. The topological polar surface area (TPSA) is 47.6 Å². The Bertz CT molecular complexity index is 349. The van der Waals surface area contributed by atoms with Crippen LogP contribution in [0.15, 0.2) is 24.3 Å². The van der Waals surface area contributed by atoms with E-state index >= 15 is 0 Å². The predicted octanol–water partition coefficient (Wildman–Crippen LogP) is 3.82. The second kappa shape index (κ2) is 8.39. The Hall–Kier alpha value is -1.71. The van der Waals surface area contributed by atoms with Gasteiger partial charge in [-0.3, -0.25) is 5.32 Å². The maximum Gasteiger partial charge on any atom is 0.411 e. The van der Waals surface area contributed by atoms with Crippen LogP contribution in [0.3, 0.4) is 0 Å². The van der Waals surface area contributed by atoms with Crippen molar-refractivity contribution < 1.29 is 14.3 Å². The van der Waals surface area contributed by atoms with Gasteiger partial charge < -0.3 is 9.47 Å². The van der Waals surface area contributed by atoms with Crippen LogP contribution in [-0.2, 0) is 4.74 Å². The summed E-state index contributed by atoms with van der Waals surface area (Å²) >= 11 is 0. The van der Waals surface area contributed by atoms with Crippen molar-refractivity contribution in [3.63, 3.8) is 0 Å². The van der Waals surface area contributed by atoms with Crippen LogP contribution < -0.4 is 10.1 Å². The summed E-state index contributed by atoms with van der Waals surface area (Å²) in [6, 6.07) is 7.28. The number of carbonyl (C=O) groups is 1. The number of amides is 1. The van der Waals surface area contributed by atoms with Gasteiger partial charge in [0.25, 0.3) is 0 Å². The van der Waals surface area contributed by atoms with Crippen LogP contribution in [0.1, 0.15) is 33.1 Å². The summed E-state index contributed by atoms with van der Waals surface area (Å²) in [6.07, 6.45) is 2.56. The molecule has 0 bridgehead atoms. The zero-order valence-electron chi connectivity index (χ0n) is 11.1. The molecule has 0 unspecified atom stereocenters. The minimum absolute atomic E-state index is 0.420. The Morgan fingerprint density at radius 2 is 1.83 bits per heavy atom. The van der Waals surface area contributed by atoms with E-state index in [0.717, 1.165) is 31.6 Å². The van der Waals surface area contributed by atoms with E-state index in [1.807, 2.05) is 19.1 Å². The van der Waals surface area contributed by atoms with Gasteiger partial charge in [0.1, 0.15) is 5.75 Å². The maximum atomic E-state index is 11.3. The largest absolute Gasteiger partial charge is 0.494 e. The number of unbranched alkanes of at least 4 members (excludes halogenated alkanes) is 1. The Balaban J connectivity index is 2.37. The highest BCUT2D eigenvalue weighted by Gasteiger charge is 2.02. The van der Waals surface area contributed by atoms with Gasteiger partial charge in [-0.05, 0) is 37.1 Å². The Kier molecular flexibility index (Phi) is 6.69. The molecular formula is C14H21NO3. The molecule has 4 heteroatoms. The molecule has 1 aromatic rings. The number of hydrogen-bond acceptors (Lipinski definition) is 3. The number of nitrogens with one attached hydrogen (secondary N) is 1. The van der Waals surface area contributed by atoms with Gasteiger partial charge in [0.2, 0.25) is 0 Å². The highest BCUT2D eigenvalue weighted by molar-refractivity contribution is 5.84. The lowest BCUT2D eigenvalue weighted by Crippen LogP contribution is -2.13.